The molecule has 0 aliphatic rings. The van der Waals surface area contributed by atoms with Crippen molar-refractivity contribution in [3.05, 3.63) is 326 Å². The summed E-state index contributed by atoms with van der Waals surface area (Å²) in [4.78, 5) is 0. The Labute approximate surface area is 582 Å². The van der Waals surface area contributed by atoms with Crippen LogP contribution < -0.4 is 0 Å². The van der Waals surface area contributed by atoms with Crippen LogP contribution >= 0.6 is 0 Å². The fourth-order valence-corrected chi connectivity index (χ4v) is 10.7. The van der Waals surface area contributed by atoms with E-state index in [1.807, 2.05) is 0 Å². The Hall–Kier alpha value is -11.6. The third-order valence-electron chi connectivity index (χ3n) is 14.3. The monoisotopic (exact) mass is 1170 g/mol. The summed E-state index contributed by atoms with van der Waals surface area (Å²) in [6, 6.07) is -43.7. The smallest absolute Gasteiger partial charge is 0.143 e. The molecule has 2 heterocycles. The maximum Gasteiger partial charge on any atom is 0.143 e. The summed E-state index contributed by atoms with van der Waals surface area (Å²) in [5, 5.41) is -7.67. The predicted molar refractivity (Wildman–Crippen MR) is 373 cm³/mol. The molecule has 2 heteroatoms. The summed E-state index contributed by atoms with van der Waals surface area (Å²) in [6.45, 7) is 0. The lowest BCUT2D eigenvalue weighted by molar-refractivity contribution is 0.671. The van der Waals surface area contributed by atoms with Gasteiger partial charge in [-0.3, -0.25) is 0 Å². The van der Waals surface area contributed by atoms with E-state index in [0.29, 0.717) is 0 Å². The summed E-state index contributed by atoms with van der Waals surface area (Å²) < 4.78 is 474. The normalized spacial score (nSPS) is 19.9. The van der Waals surface area contributed by atoms with Gasteiger partial charge in [0.25, 0.3) is 0 Å². The highest BCUT2D eigenvalue weighted by molar-refractivity contribution is 6.27. The van der Waals surface area contributed by atoms with Crippen molar-refractivity contribution < 1.29 is 80.1 Å². The average molecular weight is 1170 g/mol. The molecule has 0 aliphatic carbocycles. The first kappa shape index (κ1) is 20.8. The molecule has 16 aromatic carbocycles. The van der Waals surface area contributed by atoms with Gasteiger partial charge in [-0.05, 0) is 98.4 Å². The van der Waals surface area contributed by atoms with Gasteiger partial charge in [0.1, 0.15) is 22.3 Å². The van der Waals surface area contributed by atoms with E-state index in [-0.39, 0.29) is 10.8 Å². The Balaban J connectivity index is 0.000000193. The van der Waals surface area contributed by atoms with Crippen LogP contribution in [-0.2, 0) is 0 Å². The number of hydrogen-bond acceptors (Lipinski definition) is 2. The van der Waals surface area contributed by atoms with Crippen LogP contribution in [0.1, 0.15) is 71.3 Å². The molecule has 0 aliphatic heterocycles. The number of hydrogen-bond donors (Lipinski definition) is 0. The van der Waals surface area contributed by atoms with Crippen LogP contribution in [0.5, 0.6) is 0 Å². The second kappa shape index (κ2) is 21.2. The molecule has 0 bridgehead atoms. The van der Waals surface area contributed by atoms with E-state index in [9.17, 15) is 17.8 Å². The van der Waals surface area contributed by atoms with Crippen molar-refractivity contribution in [2.45, 2.75) is 0 Å². The summed E-state index contributed by atoms with van der Waals surface area (Å²) in [6.07, 6.45) is 0. The van der Waals surface area contributed by atoms with Gasteiger partial charge in [-0.15, -0.1) is 0 Å². The van der Waals surface area contributed by atoms with Crippen molar-refractivity contribution in [1.82, 2.24) is 0 Å². The SMILES string of the molecule is [2H]c1cc2c(oc3c(-c4c([2H])c([2H])c(-c5c([2H])c([2H])c([2H])c([2H])c5[2H])c([2H])c4[2H])c([2H])c([2H])c([2H])c32)c(-c2c3c([2H])c([2H])c([2H])c([2H])c3c(-c3c([2H])c([2H])c([2H])c([2H])c3[2H])c3c([2H])c([2H])c([2H])c([2H])c23)c1[2H].[2H]c1cc2c(oc3c(-c4c([2H])c([2H])c([2H])c5c([2H])c([2H])c([2H])c([2H])c45)c([2H])c([2H])c([2H])c32)c(-c2c3c([2H])c([2H])c([2H])c([2H])c3c(-c3c([2H])c([2H])c([2H])c([2H])c3[2H])c3c([2H])c([2H])c([2H])c([2H])c23)c1[2H]. The summed E-state index contributed by atoms with van der Waals surface area (Å²) in [5.41, 5.74) is -11.6. The Morgan fingerprint density at radius 2 is 0.466 bits per heavy atom. The zero-order chi connectivity index (χ0) is 103. The zero-order valence-corrected chi connectivity index (χ0v) is 44.0. The van der Waals surface area contributed by atoms with Crippen LogP contribution in [-0.4, -0.2) is 0 Å². The van der Waals surface area contributed by atoms with Crippen molar-refractivity contribution in [3.8, 4) is 77.9 Å². The van der Waals surface area contributed by atoms with E-state index in [1.165, 1.54) is 0 Å². The Morgan fingerprint density at radius 1 is 0.170 bits per heavy atom. The molecule has 18 rings (SSSR count). The molecule has 0 amide bonds. The van der Waals surface area contributed by atoms with Crippen LogP contribution in [0.25, 0.3) is 176 Å². The Bertz CT molecular complexity index is 8710. The molecule has 0 unspecified atom stereocenters. The maximum absolute atomic E-state index is 9.45. The summed E-state index contributed by atoms with van der Waals surface area (Å²) in [5.74, 6) is 0. The lowest BCUT2D eigenvalue weighted by Crippen LogP contribution is -1.90. The molecule has 410 valence electrons. The topological polar surface area (TPSA) is 26.3 Å². The molecule has 0 atom stereocenters. The molecule has 88 heavy (non-hydrogen) atoms. The molecule has 2 nitrogen and oxygen atoms in total. The summed E-state index contributed by atoms with van der Waals surface area (Å²) in [7, 11) is 0. The molecule has 0 radical (unpaired) electrons. The van der Waals surface area contributed by atoms with Crippen LogP contribution in [0.15, 0.2) is 335 Å². The Morgan fingerprint density at radius 3 is 0.932 bits per heavy atom. The van der Waals surface area contributed by atoms with Crippen LogP contribution in [0.2, 0.25) is 0 Å². The van der Waals surface area contributed by atoms with Gasteiger partial charge in [-0.25, -0.2) is 0 Å². The lowest BCUT2D eigenvalue weighted by atomic mass is 9.85. The second-order valence-corrected chi connectivity index (χ2v) is 18.9. The van der Waals surface area contributed by atoms with Gasteiger partial charge in [-0.1, -0.05) is 326 Å². The number of para-hydroxylation sites is 4. The highest BCUT2D eigenvalue weighted by Crippen LogP contribution is 2.50. The summed E-state index contributed by atoms with van der Waals surface area (Å²) >= 11 is 0. The van der Waals surface area contributed by atoms with Gasteiger partial charge in [-0.2, -0.15) is 0 Å². The Kier molecular flexibility index (Phi) is 5.02. The highest BCUT2D eigenvalue weighted by atomic mass is 16.3. The number of fused-ring (bicyclic) bond motifs is 11. The standard InChI is InChI=1S/C44H28O.C42H26O/c1-3-13-29(14-4-1)30-25-27-31(28-26-30)33-21-11-22-38-39-23-12-24-40(44(39)45-43(33)38)42-36-19-9-7-17-34(36)41(32-15-5-2-6-16-32)35-18-8-10-20-37(35)42;1-2-14-28(15-3-1)39-31-18-6-8-20-33(31)40(34-21-9-7-19-32(34)39)38-26-12-25-37-36-24-11-23-35(41(36)43-42(37)38)30-22-10-16-27-13-4-5-17-29(27)30/h1-28H;1-26H/i1D,2D,3D,4D,5D,6D,7D,8D,9D,10D,11D,12D,13D,14D,15D,16D,17D,18D,19D,20D,21D,22D,24D,25D,26D,27D,28D;1D,2D,3D,4D,5D,6D,7D,8D,9D,10D,11D,12D,13D,14D,15D,16D,17D,18D,19D,20D,21D,22D,23D,24D,26D. The van der Waals surface area contributed by atoms with E-state index < -0.39 is 479 Å². The third-order valence-corrected chi connectivity index (χ3v) is 14.3. The minimum Gasteiger partial charge on any atom is -0.455 e. The first-order valence-corrected chi connectivity index (χ1v) is 26.0. The molecule has 2 aromatic heterocycles. The first-order chi connectivity index (χ1) is 65.3. The lowest BCUT2D eigenvalue weighted by Gasteiger charge is -2.17. The molecular weight excluding hydrogens is 1060 g/mol. The van der Waals surface area contributed by atoms with Crippen molar-refractivity contribution in [1.29, 1.82) is 0 Å². The number of rotatable bonds is 7. The zero-order valence-electron chi connectivity index (χ0n) is 96.0. The predicted octanol–water partition coefficient (Wildman–Crippen LogP) is 24.6. The second-order valence-electron chi connectivity index (χ2n) is 18.9. The number of furan rings is 2. The van der Waals surface area contributed by atoms with Crippen molar-refractivity contribution in [2.24, 2.45) is 0 Å². The van der Waals surface area contributed by atoms with E-state index in [0.717, 1.165) is 12.1 Å². The van der Waals surface area contributed by atoms with Crippen LogP contribution in [0, 0.1) is 0 Å². The van der Waals surface area contributed by atoms with Crippen LogP contribution in [0.3, 0.4) is 0 Å². The largest absolute Gasteiger partial charge is 0.455 e. The van der Waals surface area contributed by atoms with Crippen molar-refractivity contribution >= 4 is 97.7 Å². The van der Waals surface area contributed by atoms with E-state index >= 15 is 0 Å². The van der Waals surface area contributed by atoms with Gasteiger partial charge in [0.2, 0.25) is 0 Å². The highest BCUT2D eigenvalue weighted by Gasteiger charge is 2.24. The quantitative estimate of drug-likeness (QED) is 0.149. The van der Waals surface area contributed by atoms with Crippen molar-refractivity contribution in [2.75, 3.05) is 0 Å². The molecule has 0 saturated heterocycles. The van der Waals surface area contributed by atoms with E-state index in [2.05, 4.69) is 0 Å². The average Bonchev–Trinajstić information content (AvgIpc) is 1.22. The third kappa shape index (κ3) is 8.33. The van der Waals surface area contributed by atoms with Gasteiger partial charge >= 0.3 is 0 Å². The van der Waals surface area contributed by atoms with E-state index in [4.69, 9.17) is 62.3 Å². The van der Waals surface area contributed by atoms with Gasteiger partial charge in [0, 0.05) is 54.9 Å². The van der Waals surface area contributed by atoms with Gasteiger partial charge in [0.05, 0.1) is 71.3 Å². The molecule has 18 aromatic rings. The van der Waals surface area contributed by atoms with Gasteiger partial charge < -0.3 is 8.83 Å². The number of benzene rings is 16. The van der Waals surface area contributed by atoms with Gasteiger partial charge in [0.15, 0.2) is 0 Å². The molecule has 0 N–H and O–H groups in total. The van der Waals surface area contributed by atoms with Crippen LogP contribution in [0.4, 0.5) is 0 Å². The van der Waals surface area contributed by atoms with Crippen molar-refractivity contribution in [3.63, 3.8) is 0 Å². The minimum absolute atomic E-state index is 0.297. The molecular formula is C86H54O2. The molecule has 0 saturated carbocycles. The van der Waals surface area contributed by atoms with E-state index in [1.54, 1.807) is 0 Å². The molecule has 0 spiro atoms. The fraction of sp³-hybridized carbons (Fsp3) is 0. The minimum atomic E-state index is -0.972. The first-order valence-electron chi connectivity index (χ1n) is 52.0. The fourth-order valence-electron chi connectivity index (χ4n) is 10.7. The maximum atomic E-state index is 9.45. The molecule has 0 fully saturated rings.